The maximum absolute atomic E-state index is 12.3. The zero-order chi connectivity index (χ0) is 20.6. The normalized spacial score (nSPS) is 11.2. The number of benzene rings is 2. The number of nitrogens with zero attached hydrogens (tertiary/aromatic N) is 1. The predicted molar refractivity (Wildman–Crippen MR) is 113 cm³/mol. The number of carbonyl (C=O) groups is 1. The number of rotatable bonds is 8. The van der Waals surface area contributed by atoms with Crippen LogP contribution in [0.4, 0.5) is 4.79 Å². The second-order valence-corrected chi connectivity index (χ2v) is 8.04. The highest BCUT2D eigenvalue weighted by Crippen LogP contribution is 2.17. The Morgan fingerprint density at radius 1 is 1.11 bits per heavy atom. The number of halogens is 1. The van der Waals surface area contributed by atoms with Gasteiger partial charge < -0.3 is 19.7 Å². The summed E-state index contributed by atoms with van der Waals surface area (Å²) < 4.78 is 11.4. The number of carbonyl (C=O) groups excluding carboxylic acids is 1. The summed E-state index contributed by atoms with van der Waals surface area (Å²) in [7, 11) is 1.74. The van der Waals surface area contributed by atoms with Crippen LogP contribution in [0.3, 0.4) is 0 Å². The van der Waals surface area contributed by atoms with Crippen molar-refractivity contribution in [2.45, 2.75) is 39.5 Å². The summed E-state index contributed by atoms with van der Waals surface area (Å²) in [6, 6.07) is 15.1. The Balaban J connectivity index is 1.75. The summed E-state index contributed by atoms with van der Waals surface area (Å²) >= 11 is 5.93. The van der Waals surface area contributed by atoms with Crippen LogP contribution in [0.5, 0.6) is 5.75 Å². The summed E-state index contributed by atoms with van der Waals surface area (Å²) in [4.78, 5) is 13.9. The molecule has 6 heteroatoms. The van der Waals surface area contributed by atoms with Crippen LogP contribution in [-0.4, -0.2) is 36.7 Å². The Hall–Kier alpha value is -2.24. The molecule has 0 unspecified atom stereocenters. The minimum atomic E-state index is -0.180. The van der Waals surface area contributed by atoms with Gasteiger partial charge in [0.2, 0.25) is 0 Å². The van der Waals surface area contributed by atoms with Crippen LogP contribution in [-0.2, 0) is 17.9 Å². The molecule has 0 saturated heterocycles. The zero-order valence-electron chi connectivity index (χ0n) is 17.0. The molecule has 0 aromatic heterocycles. The van der Waals surface area contributed by atoms with Crippen LogP contribution in [0.2, 0.25) is 5.02 Å². The molecule has 0 saturated carbocycles. The lowest BCUT2D eigenvalue weighted by atomic mass is 10.1. The summed E-state index contributed by atoms with van der Waals surface area (Å²) in [5.41, 5.74) is 1.94. The monoisotopic (exact) mass is 404 g/mol. The summed E-state index contributed by atoms with van der Waals surface area (Å²) in [6.45, 7) is 7.96. The van der Waals surface area contributed by atoms with Gasteiger partial charge in [-0.3, -0.25) is 0 Å². The second-order valence-electron chi connectivity index (χ2n) is 7.61. The molecule has 0 aliphatic rings. The molecule has 0 spiro atoms. The van der Waals surface area contributed by atoms with Crippen molar-refractivity contribution in [1.82, 2.24) is 10.2 Å². The van der Waals surface area contributed by atoms with Gasteiger partial charge in [-0.15, -0.1) is 0 Å². The summed E-state index contributed by atoms with van der Waals surface area (Å²) in [5, 5.41) is 3.55. The van der Waals surface area contributed by atoms with Crippen LogP contribution in [0.15, 0.2) is 48.5 Å². The van der Waals surface area contributed by atoms with E-state index in [2.05, 4.69) is 5.32 Å². The third-order valence-electron chi connectivity index (χ3n) is 3.95. The Labute approximate surface area is 172 Å². The molecule has 0 radical (unpaired) electrons. The van der Waals surface area contributed by atoms with Gasteiger partial charge in [-0.25, -0.2) is 4.79 Å². The average Bonchev–Trinajstić information content (AvgIpc) is 2.64. The molecule has 28 heavy (non-hydrogen) atoms. The van der Waals surface area contributed by atoms with Crippen LogP contribution >= 0.6 is 11.6 Å². The van der Waals surface area contributed by atoms with E-state index in [1.165, 1.54) is 0 Å². The first-order chi connectivity index (χ1) is 13.2. The smallest absolute Gasteiger partial charge is 0.317 e. The molecule has 0 aliphatic heterocycles. The van der Waals surface area contributed by atoms with E-state index in [4.69, 9.17) is 21.1 Å². The van der Waals surface area contributed by atoms with Crippen molar-refractivity contribution in [3.05, 3.63) is 64.7 Å². The number of likely N-dealkylation sites (N-methyl/N-ethyl adjacent to an activating group) is 1. The van der Waals surface area contributed by atoms with E-state index in [1.807, 2.05) is 57.2 Å². The Morgan fingerprint density at radius 2 is 1.82 bits per heavy atom. The lowest BCUT2D eigenvalue weighted by Crippen LogP contribution is -2.39. The fraction of sp³-hybridized carbons (Fsp3) is 0.409. The number of urea groups is 1. The largest absolute Gasteiger partial charge is 0.492 e. The van der Waals surface area contributed by atoms with E-state index in [0.717, 1.165) is 11.1 Å². The highest BCUT2D eigenvalue weighted by molar-refractivity contribution is 6.30. The van der Waals surface area contributed by atoms with E-state index in [9.17, 15) is 4.79 Å². The number of ether oxygens (including phenoxy) is 2. The number of nitrogens with one attached hydrogen (secondary N) is 1. The molecule has 2 amide bonds. The molecular formula is C22H29ClN2O3. The van der Waals surface area contributed by atoms with Crippen molar-refractivity contribution in [2.75, 3.05) is 20.2 Å². The molecule has 0 aliphatic carbocycles. The van der Waals surface area contributed by atoms with Crippen molar-refractivity contribution in [2.24, 2.45) is 0 Å². The minimum absolute atomic E-state index is 0.147. The van der Waals surface area contributed by atoms with Gasteiger partial charge in [-0.1, -0.05) is 41.9 Å². The van der Waals surface area contributed by atoms with Crippen LogP contribution in [0, 0.1) is 0 Å². The van der Waals surface area contributed by atoms with Gasteiger partial charge >= 0.3 is 6.03 Å². The second kappa shape index (κ2) is 10.3. The van der Waals surface area contributed by atoms with Crippen molar-refractivity contribution < 1.29 is 14.3 Å². The van der Waals surface area contributed by atoms with Gasteiger partial charge in [0, 0.05) is 18.6 Å². The Bertz CT molecular complexity index is 774. The first-order valence-corrected chi connectivity index (χ1v) is 9.70. The van der Waals surface area contributed by atoms with Crippen molar-refractivity contribution in [1.29, 1.82) is 0 Å². The topological polar surface area (TPSA) is 50.8 Å². The van der Waals surface area contributed by atoms with Gasteiger partial charge in [0.05, 0.1) is 18.8 Å². The van der Waals surface area contributed by atoms with Crippen LogP contribution in [0.25, 0.3) is 0 Å². The lowest BCUT2D eigenvalue weighted by Gasteiger charge is -2.20. The fourth-order valence-corrected chi connectivity index (χ4v) is 2.58. The van der Waals surface area contributed by atoms with Crippen molar-refractivity contribution in [3.63, 3.8) is 0 Å². The lowest BCUT2D eigenvalue weighted by molar-refractivity contribution is -0.0149. The van der Waals surface area contributed by atoms with E-state index in [1.54, 1.807) is 24.1 Å². The van der Waals surface area contributed by atoms with Crippen molar-refractivity contribution in [3.8, 4) is 5.75 Å². The zero-order valence-corrected chi connectivity index (χ0v) is 17.8. The first-order valence-electron chi connectivity index (χ1n) is 9.32. The number of hydrogen-bond acceptors (Lipinski definition) is 3. The third kappa shape index (κ3) is 8.19. The molecule has 0 atom stereocenters. The molecule has 152 valence electrons. The molecule has 0 bridgehead atoms. The third-order valence-corrected chi connectivity index (χ3v) is 4.18. The van der Waals surface area contributed by atoms with Gasteiger partial charge in [0.15, 0.2) is 0 Å². The van der Waals surface area contributed by atoms with Crippen LogP contribution in [0.1, 0.15) is 31.9 Å². The molecule has 0 fully saturated rings. The summed E-state index contributed by atoms with van der Waals surface area (Å²) in [6.07, 6.45) is 0. The number of amides is 2. The molecule has 1 N–H and O–H groups in total. The number of hydrogen-bond donors (Lipinski definition) is 1. The first kappa shape index (κ1) is 22.1. The van der Waals surface area contributed by atoms with Crippen LogP contribution < -0.4 is 10.1 Å². The van der Waals surface area contributed by atoms with Gasteiger partial charge in [0.25, 0.3) is 0 Å². The molecule has 2 aromatic rings. The Morgan fingerprint density at radius 3 is 2.54 bits per heavy atom. The van der Waals surface area contributed by atoms with E-state index >= 15 is 0 Å². The molecule has 0 heterocycles. The molecule has 2 aromatic carbocycles. The maximum Gasteiger partial charge on any atom is 0.317 e. The SMILES string of the molecule is CN(CCOc1cccc(Cl)c1)C(=O)NCc1cccc(COC(C)(C)C)c1. The molecular weight excluding hydrogens is 376 g/mol. The van der Waals surface area contributed by atoms with Gasteiger partial charge in [0.1, 0.15) is 12.4 Å². The van der Waals surface area contributed by atoms with Gasteiger partial charge in [-0.2, -0.15) is 0 Å². The average molecular weight is 405 g/mol. The highest BCUT2D eigenvalue weighted by Gasteiger charge is 2.11. The standard InChI is InChI=1S/C22H29ClN2O3/c1-22(2,3)28-16-18-8-5-7-17(13-18)15-24-21(26)25(4)11-12-27-20-10-6-9-19(23)14-20/h5-10,13-14H,11-12,15-16H2,1-4H3,(H,24,26). The quantitative estimate of drug-likeness (QED) is 0.682. The van der Waals surface area contributed by atoms with E-state index in [-0.39, 0.29) is 11.6 Å². The maximum atomic E-state index is 12.3. The minimum Gasteiger partial charge on any atom is -0.492 e. The van der Waals surface area contributed by atoms with Crippen molar-refractivity contribution >= 4 is 17.6 Å². The highest BCUT2D eigenvalue weighted by atomic mass is 35.5. The summed E-state index contributed by atoms with van der Waals surface area (Å²) in [5.74, 6) is 0.690. The van der Waals surface area contributed by atoms with E-state index < -0.39 is 0 Å². The van der Waals surface area contributed by atoms with E-state index in [0.29, 0.717) is 37.1 Å². The predicted octanol–water partition coefficient (Wildman–Crippen LogP) is 4.88. The molecule has 5 nitrogen and oxygen atoms in total. The molecule has 2 rings (SSSR count). The van der Waals surface area contributed by atoms with Gasteiger partial charge in [-0.05, 0) is 50.1 Å². The fourth-order valence-electron chi connectivity index (χ4n) is 2.40. The Kier molecular flexibility index (Phi) is 8.15.